The van der Waals surface area contributed by atoms with Crippen LogP contribution in [0.5, 0.6) is 5.88 Å². The number of pyridine rings is 2. The first-order valence-corrected chi connectivity index (χ1v) is 15.2. The number of carbonyl (C=O) groups excluding carboxylic acids is 1. The number of carbonyl (C=O) groups is 1. The molecule has 1 aliphatic heterocycles. The first-order valence-electron chi connectivity index (χ1n) is 13.7. The molecular weight excluding hydrogens is 552 g/mol. The zero-order chi connectivity index (χ0) is 30.3. The summed E-state index contributed by atoms with van der Waals surface area (Å²) in [5.74, 6) is 0.157. The van der Waals surface area contributed by atoms with E-state index in [2.05, 4.69) is 33.4 Å². The normalized spacial score (nSPS) is 16.5. The van der Waals surface area contributed by atoms with Crippen molar-refractivity contribution in [2.24, 2.45) is 4.99 Å². The van der Waals surface area contributed by atoms with Crippen LogP contribution >= 0.6 is 0 Å². The summed E-state index contributed by atoms with van der Waals surface area (Å²) in [6.07, 6.45) is 4.80. The van der Waals surface area contributed by atoms with Crippen molar-refractivity contribution in [2.45, 2.75) is 50.7 Å². The number of ether oxygens (including phenoxy) is 1. The summed E-state index contributed by atoms with van der Waals surface area (Å²) >= 11 is 0. The minimum atomic E-state index is -4.31. The Morgan fingerprint density at radius 1 is 1.17 bits per heavy atom. The summed E-state index contributed by atoms with van der Waals surface area (Å²) in [7, 11) is -4.31. The molecule has 3 aromatic rings. The van der Waals surface area contributed by atoms with Crippen LogP contribution in [0.15, 0.2) is 101 Å². The first-order chi connectivity index (χ1) is 20.1. The molecular formula is C31H36N6O4S. The van der Waals surface area contributed by atoms with Gasteiger partial charge in [-0.15, -0.1) is 0 Å². The fourth-order valence-electron chi connectivity index (χ4n) is 4.69. The number of nitrogens with zero attached hydrogens (tertiary/aromatic N) is 4. The minimum absolute atomic E-state index is 0.0169. The second kappa shape index (κ2) is 13.4. The number of amides is 1. The smallest absolute Gasteiger partial charge is 0.281 e. The number of piperidine rings is 1. The lowest BCUT2D eigenvalue weighted by atomic mass is 9.90. The minimum Gasteiger partial charge on any atom is -0.475 e. The van der Waals surface area contributed by atoms with Gasteiger partial charge in [0, 0.05) is 42.5 Å². The molecule has 0 spiro atoms. The average Bonchev–Trinajstić information content (AvgIpc) is 2.97. The molecule has 0 unspecified atom stereocenters. The van der Waals surface area contributed by atoms with E-state index in [1.807, 2.05) is 49.9 Å². The largest absolute Gasteiger partial charge is 0.475 e. The Hall–Kier alpha value is -4.51. The van der Waals surface area contributed by atoms with Gasteiger partial charge in [-0.3, -0.25) is 4.79 Å². The maximum absolute atomic E-state index is 13.5. The van der Waals surface area contributed by atoms with Gasteiger partial charge in [-0.1, -0.05) is 49.1 Å². The van der Waals surface area contributed by atoms with Gasteiger partial charge in [0.15, 0.2) is 5.03 Å². The Bertz CT molecular complexity index is 1590. The quantitative estimate of drug-likeness (QED) is 0.201. The predicted molar refractivity (Wildman–Crippen MR) is 163 cm³/mol. The van der Waals surface area contributed by atoms with E-state index in [0.29, 0.717) is 30.5 Å². The molecule has 1 aliphatic rings. The number of hydrogen-bond donors (Lipinski definition) is 2. The summed E-state index contributed by atoms with van der Waals surface area (Å²) < 4.78 is 33.8. The number of hydrogen-bond acceptors (Lipinski definition) is 9. The van der Waals surface area contributed by atoms with Gasteiger partial charge in [-0.25, -0.2) is 19.7 Å². The van der Waals surface area contributed by atoms with E-state index in [4.69, 9.17) is 15.5 Å². The first kappa shape index (κ1) is 30.4. The number of anilines is 1. The number of aromatic nitrogens is 2. The molecule has 10 nitrogen and oxygen atoms in total. The van der Waals surface area contributed by atoms with Crippen molar-refractivity contribution in [3.05, 3.63) is 102 Å². The number of benzene rings is 1. The van der Waals surface area contributed by atoms with Crippen molar-refractivity contribution in [1.29, 1.82) is 0 Å². The lowest BCUT2D eigenvalue weighted by molar-refractivity contribution is -0.115. The van der Waals surface area contributed by atoms with E-state index in [9.17, 15) is 13.2 Å². The van der Waals surface area contributed by atoms with Crippen molar-refractivity contribution in [1.82, 2.24) is 19.6 Å². The summed E-state index contributed by atoms with van der Waals surface area (Å²) in [6, 6.07) is 17.9. The predicted octanol–water partition coefficient (Wildman–Crippen LogP) is 4.44. The molecule has 0 aliphatic carbocycles. The highest BCUT2D eigenvalue weighted by molar-refractivity contribution is 7.90. The molecule has 0 saturated carbocycles. The summed E-state index contributed by atoms with van der Waals surface area (Å²) in [5, 5.41) is -0.364. The molecule has 0 bridgehead atoms. The second-order valence-corrected chi connectivity index (χ2v) is 11.9. The zero-order valence-corrected chi connectivity index (χ0v) is 24.8. The number of nitrogen functional groups attached to an aromatic ring is 1. The molecule has 3 heterocycles. The average molecular weight is 589 g/mol. The second-order valence-electron chi connectivity index (χ2n) is 10.2. The fraction of sp³-hybridized carbons (Fsp3) is 0.290. The van der Waals surface area contributed by atoms with Crippen molar-refractivity contribution in [2.75, 3.05) is 18.8 Å². The van der Waals surface area contributed by atoms with Gasteiger partial charge in [-0.05, 0) is 57.4 Å². The van der Waals surface area contributed by atoms with E-state index in [1.54, 1.807) is 12.3 Å². The molecule has 2 aromatic heterocycles. The van der Waals surface area contributed by atoms with Gasteiger partial charge in [0.2, 0.25) is 5.88 Å². The Morgan fingerprint density at radius 3 is 2.57 bits per heavy atom. The topological polar surface area (TPSA) is 140 Å². The van der Waals surface area contributed by atoms with Crippen LogP contribution < -0.4 is 15.2 Å². The van der Waals surface area contributed by atoms with Crippen LogP contribution in [-0.2, 0) is 14.8 Å². The van der Waals surface area contributed by atoms with Gasteiger partial charge in [-0.2, -0.15) is 8.42 Å². The van der Waals surface area contributed by atoms with Gasteiger partial charge < -0.3 is 15.4 Å². The molecule has 220 valence electrons. The van der Waals surface area contributed by atoms with Crippen LogP contribution in [0.2, 0.25) is 0 Å². The lowest BCUT2D eigenvalue weighted by Crippen LogP contribution is -2.37. The van der Waals surface area contributed by atoms with E-state index < -0.39 is 15.9 Å². The van der Waals surface area contributed by atoms with E-state index in [0.717, 1.165) is 18.4 Å². The monoisotopic (exact) mass is 588 g/mol. The van der Waals surface area contributed by atoms with Crippen LogP contribution in [0, 0.1) is 0 Å². The van der Waals surface area contributed by atoms with E-state index in [-0.39, 0.29) is 28.4 Å². The molecule has 1 aromatic carbocycles. The molecule has 0 radical (unpaired) electrons. The van der Waals surface area contributed by atoms with Crippen LogP contribution in [0.25, 0.3) is 0 Å². The third-order valence-corrected chi connectivity index (χ3v) is 7.95. The number of sulfonamides is 1. The Morgan fingerprint density at radius 2 is 1.93 bits per heavy atom. The Labute approximate surface area is 247 Å². The Balaban J connectivity index is 1.74. The molecule has 1 saturated heterocycles. The Kier molecular flexibility index (Phi) is 9.74. The van der Waals surface area contributed by atoms with Gasteiger partial charge >= 0.3 is 0 Å². The third-order valence-electron chi connectivity index (χ3n) is 6.71. The number of nitrogens with one attached hydrogen (secondary N) is 1. The fourth-order valence-corrected chi connectivity index (χ4v) is 5.63. The molecule has 1 amide bonds. The van der Waals surface area contributed by atoms with Crippen LogP contribution in [0.3, 0.4) is 0 Å². The molecule has 42 heavy (non-hydrogen) atoms. The van der Waals surface area contributed by atoms with E-state index in [1.165, 1.54) is 29.8 Å². The van der Waals surface area contributed by atoms with Crippen molar-refractivity contribution in [3.8, 4) is 5.88 Å². The van der Waals surface area contributed by atoms with Crippen molar-refractivity contribution in [3.63, 3.8) is 0 Å². The highest BCUT2D eigenvalue weighted by Crippen LogP contribution is 2.30. The standard InChI is InChI=1S/C31H36N6O4S/c1-5-26(31(38)36-42(39,40)29-15-9-14-27(32)35-29)30(34-22(4)24-16-17-28(33-19-24)41-21(2)3)37-18-10-13-25(20-37)23-11-7-6-8-12-23/h5-9,11-12,14-17,19,21,25H,1,10,13,18,20H2,2-4H3,(H2,32,35)(H,36,38)/b30-26-,34-22+/t25-/m1/s1. The number of rotatable bonds is 10. The van der Waals surface area contributed by atoms with Gasteiger partial charge in [0.25, 0.3) is 15.9 Å². The maximum atomic E-state index is 13.5. The third kappa shape index (κ3) is 7.61. The SMILES string of the molecule is C=C/C(C(=O)NS(=O)(=O)c1cccc(N)n1)=C(\N=C(/C)c1ccc(OC(C)C)nc1)N1CCC[C@@H](c2ccccc2)C1. The number of likely N-dealkylation sites (tertiary alicyclic amines) is 1. The molecule has 1 fully saturated rings. The maximum Gasteiger partial charge on any atom is 0.281 e. The molecule has 1 atom stereocenters. The highest BCUT2D eigenvalue weighted by atomic mass is 32.2. The summed E-state index contributed by atoms with van der Waals surface area (Å²) in [4.78, 5) is 28.7. The van der Waals surface area contributed by atoms with Crippen LogP contribution in [0.4, 0.5) is 5.82 Å². The zero-order valence-electron chi connectivity index (χ0n) is 24.0. The van der Waals surface area contributed by atoms with Gasteiger partial charge in [0.05, 0.1) is 11.7 Å². The number of aliphatic imine (C=N–C) groups is 1. The van der Waals surface area contributed by atoms with E-state index >= 15 is 0 Å². The van der Waals surface area contributed by atoms with Crippen molar-refractivity contribution >= 4 is 27.5 Å². The van der Waals surface area contributed by atoms with Crippen molar-refractivity contribution < 1.29 is 17.9 Å². The van der Waals surface area contributed by atoms with Crippen LogP contribution in [-0.4, -0.2) is 54.1 Å². The molecule has 4 rings (SSSR count). The van der Waals surface area contributed by atoms with Crippen LogP contribution in [0.1, 0.15) is 50.7 Å². The summed E-state index contributed by atoms with van der Waals surface area (Å²) in [6.45, 7) is 10.7. The number of nitrogens with two attached hydrogens (primary N) is 1. The summed E-state index contributed by atoms with van der Waals surface area (Å²) in [5.41, 5.74) is 8.18. The molecule has 3 N–H and O–H groups in total. The highest BCUT2D eigenvalue weighted by Gasteiger charge is 2.28. The van der Waals surface area contributed by atoms with Gasteiger partial charge in [0.1, 0.15) is 11.6 Å². The molecule has 11 heteroatoms. The lowest BCUT2D eigenvalue weighted by Gasteiger charge is -2.35.